The van der Waals surface area contributed by atoms with Crippen molar-refractivity contribution in [2.45, 2.75) is 11.8 Å². The summed E-state index contributed by atoms with van der Waals surface area (Å²) in [5, 5.41) is 16.0. The van der Waals surface area contributed by atoms with Crippen LogP contribution in [0.4, 0.5) is 17.1 Å². The molecule has 0 saturated heterocycles. The van der Waals surface area contributed by atoms with Crippen LogP contribution in [0.5, 0.6) is 0 Å². The Bertz CT molecular complexity index is 1220. The molecule has 0 saturated carbocycles. The molecule has 11 heteroatoms. The molecule has 0 atom stereocenters. The van der Waals surface area contributed by atoms with E-state index in [2.05, 4.69) is 20.2 Å². The van der Waals surface area contributed by atoms with Crippen molar-refractivity contribution in [1.29, 1.82) is 0 Å². The standard InChI is InChI=1S/C19H16ClN5O4S/c1-13(14-4-3-9-21-12-14)22-23-18-8-7-17(11-19(18)25(26)27)30(28,29)24-16-6-2-5-15(20)10-16/h2-12,23-24H,1H3/b22-13+. The van der Waals surface area contributed by atoms with Crippen LogP contribution < -0.4 is 10.1 Å². The van der Waals surface area contributed by atoms with Crippen LogP contribution in [0.2, 0.25) is 5.02 Å². The summed E-state index contributed by atoms with van der Waals surface area (Å²) >= 11 is 5.86. The second-order valence-corrected chi connectivity index (χ2v) is 8.22. The van der Waals surface area contributed by atoms with E-state index in [1.807, 2.05) is 0 Å². The van der Waals surface area contributed by atoms with Gasteiger partial charge in [-0.2, -0.15) is 5.10 Å². The number of nitro benzene ring substituents is 1. The van der Waals surface area contributed by atoms with E-state index in [9.17, 15) is 18.5 Å². The van der Waals surface area contributed by atoms with Gasteiger partial charge in [0.05, 0.1) is 21.2 Å². The van der Waals surface area contributed by atoms with E-state index in [1.54, 1.807) is 43.6 Å². The Kier molecular flexibility index (Phi) is 6.28. The number of rotatable bonds is 7. The van der Waals surface area contributed by atoms with Gasteiger partial charge in [-0.15, -0.1) is 0 Å². The number of anilines is 2. The Morgan fingerprint density at radius 3 is 2.63 bits per heavy atom. The number of pyridine rings is 1. The Hall–Kier alpha value is -3.50. The van der Waals surface area contributed by atoms with Gasteiger partial charge < -0.3 is 0 Å². The number of nitrogens with one attached hydrogen (secondary N) is 2. The van der Waals surface area contributed by atoms with Crippen molar-refractivity contribution in [3.05, 3.63) is 87.7 Å². The van der Waals surface area contributed by atoms with Gasteiger partial charge in [-0.05, 0) is 43.3 Å². The third-order valence-electron chi connectivity index (χ3n) is 3.98. The first-order valence-electron chi connectivity index (χ1n) is 8.54. The molecule has 0 amide bonds. The first kappa shape index (κ1) is 21.2. The zero-order chi connectivity index (χ0) is 21.7. The number of halogens is 1. The van der Waals surface area contributed by atoms with Gasteiger partial charge in [0.2, 0.25) is 0 Å². The van der Waals surface area contributed by atoms with Gasteiger partial charge in [0, 0.05) is 29.0 Å². The molecule has 0 aliphatic heterocycles. The molecule has 154 valence electrons. The van der Waals surface area contributed by atoms with E-state index in [4.69, 9.17) is 11.6 Å². The van der Waals surface area contributed by atoms with E-state index in [-0.39, 0.29) is 16.3 Å². The maximum atomic E-state index is 12.6. The number of hydrogen-bond acceptors (Lipinski definition) is 7. The summed E-state index contributed by atoms with van der Waals surface area (Å²) < 4.78 is 27.6. The number of benzene rings is 2. The van der Waals surface area contributed by atoms with Gasteiger partial charge in [-0.25, -0.2) is 8.42 Å². The second-order valence-electron chi connectivity index (χ2n) is 6.10. The zero-order valence-corrected chi connectivity index (χ0v) is 17.2. The Balaban J connectivity index is 1.89. The van der Waals surface area contributed by atoms with Crippen molar-refractivity contribution in [3.8, 4) is 0 Å². The van der Waals surface area contributed by atoms with E-state index in [1.165, 1.54) is 24.3 Å². The minimum absolute atomic E-state index is 0.0462. The normalized spacial score (nSPS) is 11.7. The first-order valence-corrected chi connectivity index (χ1v) is 10.4. The van der Waals surface area contributed by atoms with Crippen molar-refractivity contribution < 1.29 is 13.3 Å². The van der Waals surface area contributed by atoms with E-state index >= 15 is 0 Å². The minimum atomic E-state index is -4.06. The van der Waals surface area contributed by atoms with Crippen LogP contribution >= 0.6 is 11.6 Å². The molecule has 1 aromatic heterocycles. The molecule has 0 radical (unpaired) electrons. The quantitative estimate of drug-likeness (QED) is 0.317. The molecular formula is C19H16ClN5O4S. The highest BCUT2D eigenvalue weighted by Crippen LogP contribution is 2.29. The van der Waals surface area contributed by atoms with Gasteiger partial charge in [0.15, 0.2) is 0 Å². The maximum Gasteiger partial charge on any atom is 0.295 e. The number of nitrogens with zero attached hydrogens (tertiary/aromatic N) is 3. The number of hydrogen-bond donors (Lipinski definition) is 2. The van der Waals surface area contributed by atoms with Crippen LogP contribution in [0.25, 0.3) is 0 Å². The average Bonchev–Trinajstić information content (AvgIpc) is 2.72. The highest BCUT2D eigenvalue weighted by molar-refractivity contribution is 7.92. The molecule has 9 nitrogen and oxygen atoms in total. The summed E-state index contributed by atoms with van der Waals surface area (Å²) in [6.07, 6.45) is 3.22. The third-order valence-corrected chi connectivity index (χ3v) is 5.59. The molecule has 2 N–H and O–H groups in total. The average molecular weight is 446 g/mol. The minimum Gasteiger partial charge on any atom is -0.280 e. The summed E-state index contributed by atoms with van der Waals surface area (Å²) in [7, 11) is -4.06. The van der Waals surface area contributed by atoms with Crippen LogP contribution in [0.15, 0.2) is 77.0 Å². The van der Waals surface area contributed by atoms with E-state index < -0.39 is 20.6 Å². The Morgan fingerprint density at radius 2 is 1.97 bits per heavy atom. The topological polar surface area (TPSA) is 127 Å². The van der Waals surface area contributed by atoms with Gasteiger partial charge >= 0.3 is 0 Å². The summed E-state index contributed by atoms with van der Waals surface area (Å²) in [4.78, 5) is 14.5. The molecule has 30 heavy (non-hydrogen) atoms. The van der Waals surface area contributed by atoms with Crippen LogP contribution in [0.3, 0.4) is 0 Å². The highest BCUT2D eigenvalue weighted by atomic mass is 35.5. The van der Waals surface area contributed by atoms with Crippen LogP contribution in [-0.2, 0) is 10.0 Å². The van der Waals surface area contributed by atoms with Crippen molar-refractivity contribution in [2.75, 3.05) is 10.1 Å². The smallest absolute Gasteiger partial charge is 0.280 e. The summed E-state index contributed by atoms with van der Waals surface area (Å²) in [5.41, 5.74) is 3.75. The Labute approximate surface area is 177 Å². The molecule has 0 fully saturated rings. The van der Waals surface area contributed by atoms with E-state index in [0.717, 1.165) is 11.6 Å². The predicted octanol–water partition coefficient (Wildman–Crippen LogP) is 4.28. The Morgan fingerprint density at radius 1 is 1.17 bits per heavy atom. The highest BCUT2D eigenvalue weighted by Gasteiger charge is 2.21. The van der Waals surface area contributed by atoms with Gasteiger partial charge in [0.25, 0.3) is 15.7 Å². The molecule has 1 heterocycles. The lowest BCUT2D eigenvalue weighted by Gasteiger charge is -2.10. The number of sulfonamides is 1. The molecule has 0 aliphatic carbocycles. The maximum absolute atomic E-state index is 12.6. The predicted molar refractivity (Wildman–Crippen MR) is 115 cm³/mol. The second kappa shape index (κ2) is 8.89. The van der Waals surface area contributed by atoms with Gasteiger partial charge in [-0.1, -0.05) is 23.7 Å². The summed E-state index contributed by atoms with van der Waals surface area (Å²) in [6, 6.07) is 13.1. The van der Waals surface area contributed by atoms with Crippen LogP contribution in [0.1, 0.15) is 12.5 Å². The van der Waals surface area contributed by atoms with Gasteiger partial charge in [-0.3, -0.25) is 25.2 Å². The van der Waals surface area contributed by atoms with Crippen molar-refractivity contribution in [2.24, 2.45) is 5.10 Å². The van der Waals surface area contributed by atoms with E-state index in [0.29, 0.717) is 10.7 Å². The van der Waals surface area contributed by atoms with Crippen LogP contribution in [0, 0.1) is 10.1 Å². The zero-order valence-electron chi connectivity index (χ0n) is 15.6. The number of nitro groups is 1. The summed E-state index contributed by atoms with van der Waals surface area (Å²) in [5.74, 6) is 0. The molecule has 3 rings (SSSR count). The number of hydrazone groups is 1. The van der Waals surface area contributed by atoms with Crippen molar-refractivity contribution in [3.63, 3.8) is 0 Å². The molecular weight excluding hydrogens is 430 g/mol. The fourth-order valence-corrected chi connectivity index (χ4v) is 3.74. The third kappa shape index (κ3) is 5.10. The summed E-state index contributed by atoms with van der Waals surface area (Å²) in [6.45, 7) is 1.71. The fraction of sp³-hybridized carbons (Fsp3) is 0.0526. The molecule has 3 aromatic rings. The number of aromatic nitrogens is 1. The van der Waals surface area contributed by atoms with Crippen molar-refractivity contribution in [1.82, 2.24) is 4.98 Å². The molecule has 0 unspecified atom stereocenters. The molecule has 0 bridgehead atoms. The lowest BCUT2D eigenvalue weighted by molar-refractivity contribution is -0.384. The fourth-order valence-electron chi connectivity index (χ4n) is 2.48. The molecule has 0 aliphatic rings. The monoisotopic (exact) mass is 445 g/mol. The largest absolute Gasteiger partial charge is 0.295 e. The lowest BCUT2D eigenvalue weighted by Crippen LogP contribution is -2.13. The SMILES string of the molecule is C/C(=N\Nc1ccc(S(=O)(=O)Nc2cccc(Cl)c2)cc1[N+](=O)[O-])c1cccnc1. The van der Waals surface area contributed by atoms with Crippen molar-refractivity contribution >= 4 is 44.4 Å². The first-order chi connectivity index (χ1) is 14.3. The van der Waals surface area contributed by atoms with Gasteiger partial charge in [0.1, 0.15) is 5.69 Å². The molecule has 0 spiro atoms. The lowest BCUT2D eigenvalue weighted by atomic mass is 10.2. The molecule has 2 aromatic carbocycles. The van der Waals surface area contributed by atoms with Crippen LogP contribution in [-0.4, -0.2) is 24.0 Å².